The summed E-state index contributed by atoms with van der Waals surface area (Å²) in [5.74, 6) is -1.93. The molecule has 1 aromatic carbocycles. The number of alkyl halides is 4. The monoisotopic (exact) mass is 507 g/mol. The number of nitrogens with zero attached hydrogens (tertiary/aromatic N) is 7. The van der Waals surface area contributed by atoms with E-state index in [4.69, 9.17) is 11.6 Å². The molecule has 0 unspecified atom stereocenters. The van der Waals surface area contributed by atoms with E-state index < -0.39 is 23.6 Å². The third kappa shape index (κ3) is 4.03. The number of pyridine rings is 1. The second-order valence-electron chi connectivity index (χ2n) is 8.56. The first-order chi connectivity index (χ1) is 16.6. The summed E-state index contributed by atoms with van der Waals surface area (Å²) in [6.07, 6.45) is -3.49. The first-order valence-electron chi connectivity index (χ1n) is 10.8. The van der Waals surface area contributed by atoms with Crippen molar-refractivity contribution in [1.29, 1.82) is 5.26 Å². The van der Waals surface area contributed by atoms with Crippen molar-refractivity contribution in [2.24, 2.45) is 0 Å². The van der Waals surface area contributed by atoms with Crippen molar-refractivity contribution < 1.29 is 22.4 Å². The SMILES string of the molecule is N#Cc1cnc2ccc(Cl)cc2c1N1CCC(F)(C(=O)N2CCn3c(nnc3C(F)(F)F)C2)CC1. The van der Waals surface area contributed by atoms with Gasteiger partial charge in [0.1, 0.15) is 6.07 Å². The van der Waals surface area contributed by atoms with E-state index in [2.05, 4.69) is 21.3 Å². The van der Waals surface area contributed by atoms with Crippen LogP contribution in [0.3, 0.4) is 0 Å². The summed E-state index contributed by atoms with van der Waals surface area (Å²) < 4.78 is 55.9. The van der Waals surface area contributed by atoms with Crippen LogP contribution in [0, 0.1) is 11.3 Å². The Kier molecular flexibility index (Phi) is 5.55. The van der Waals surface area contributed by atoms with E-state index in [0.29, 0.717) is 27.2 Å². The smallest absolute Gasteiger partial charge is 0.370 e. The van der Waals surface area contributed by atoms with Gasteiger partial charge in [0.05, 0.1) is 23.3 Å². The van der Waals surface area contributed by atoms with E-state index in [1.165, 1.54) is 11.1 Å². The van der Waals surface area contributed by atoms with Crippen LogP contribution in [-0.2, 0) is 24.1 Å². The highest BCUT2D eigenvalue weighted by Gasteiger charge is 2.46. The lowest BCUT2D eigenvalue weighted by atomic mass is 9.90. The average Bonchev–Trinajstić information content (AvgIpc) is 3.27. The lowest BCUT2D eigenvalue weighted by Gasteiger charge is -2.40. The van der Waals surface area contributed by atoms with E-state index in [9.17, 15) is 23.2 Å². The number of amides is 1. The molecule has 2 aliphatic rings. The first-order valence-corrected chi connectivity index (χ1v) is 11.2. The number of hydrogen-bond donors (Lipinski definition) is 0. The van der Waals surface area contributed by atoms with Gasteiger partial charge in [0.25, 0.3) is 5.91 Å². The summed E-state index contributed by atoms with van der Waals surface area (Å²) in [6.45, 7) is -0.173. The molecule has 0 aliphatic carbocycles. The van der Waals surface area contributed by atoms with Crippen LogP contribution in [0.5, 0.6) is 0 Å². The highest BCUT2D eigenvalue weighted by atomic mass is 35.5. The Hall–Kier alpha value is -3.46. The van der Waals surface area contributed by atoms with E-state index in [1.54, 1.807) is 18.2 Å². The van der Waals surface area contributed by atoms with E-state index in [0.717, 1.165) is 4.57 Å². The zero-order valence-corrected chi connectivity index (χ0v) is 18.9. The number of fused-ring (bicyclic) bond motifs is 2. The van der Waals surface area contributed by atoms with Gasteiger partial charge in [-0.3, -0.25) is 9.78 Å². The number of rotatable bonds is 2. The fourth-order valence-corrected chi connectivity index (χ4v) is 4.87. The van der Waals surface area contributed by atoms with Crippen LogP contribution < -0.4 is 4.90 Å². The molecule has 0 N–H and O–H groups in total. The maximum atomic E-state index is 15.8. The van der Waals surface area contributed by atoms with Crippen LogP contribution >= 0.6 is 11.6 Å². The van der Waals surface area contributed by atoms with E-state index >= 15 is 4.39 Å². The lowest BCUT2D eigenvalue weighted by Crippen LogP contribution is -2.54. The van der Waals surface area contributed by atoms with E-state index in [-0.39, 0.29) is 51.4 Å². The average molecular weight is 508 g/mol. The summed E-state index contributed by atoms with van der Waals surface area (Å²) in [4.78, 5) is 20.4. The number of nitriles is 1. The Morgan fingerprint density at radius 1 is 1.14 bits per heavy atom. The van der Waals surface area contributed by atoms with Crippen molar-refractivity contribution in [3.8, 4) is 6.07 Å². The van der Waals surface area contributed by atoms with Crippen molar-refractivity contribution in [3.63, 3.8) is 0 Å². The maximum Gasteiger partial charge on any atom is 0.451 e. The van der Waals surface area contributed by atoms with Crippen LogP contribution in [0.2, 0.25) is 5.02 Å². The molecule has 0 atom stereocenters. The summed E-state index contributed by atoms with van der Waals surface area (Å²) in [6, 6.07) is 7.22. The van der Waals surface area contributed by atoms with Gasteiger partial charge in [0.15, 0.2) is 11.5 Å². The fraction of sp³-hybridized carbons (Fsp3) is 0.409. The van der Waals surface area contributed by atoms with Crippen molar-refractivity contribution in [2.75, 3.05) is 24.5 Å². The van der Waals surface area contributed by atoms with E-state index in [1.807, 2.05) is 4.90 Å². The van der Waals surface area contributed by atoms with Gasteiger partial charge in [-0.1, -0.05) is 11.6 Å². The maximum absolute atomic E-state index is 15.8. The van der Waals surface area contributed by atoms with Crippen molar-refractivity contribution in [1.82, 2.24) is 24.6 Å². The molecule has 0 radical (unpaired) electrons. The van der Waals surface area contributed by atoms with Crippen LogP contribution in [-0.4, -0.2) is 55.9 Å². The van der Waals surface area contributed by atoms with Crippen molar-refractivity contribution >= 4 is 34.1 Å². The molecule has 4 heterocycles. The second-order valence-corrected chi connectivity index (χ2v) is 9.00. The van der Waals surface area contributed by atoms with Crippen LogP contribution in [0.25, 0.3) is 10.9 Å². The number of piperidine rings is 1. The Balaban J connectivity index is 1.34. The number of benzene rings is 1. The molecule has 2 aromatic heterocycles. The molecule has 1 saturated heterocycles. The third-order valence-electron chi connectivity index (χ3n) is 6.47. The number of aromatic nitrogens is 4. The Labute approximate surface area is 201 Å². The molecule has 13 heteroatoms. The summed E-state index contributed by atoms with van der Waals surface area (Å²) in [5.41, 5.74) is -0.653. The van der Waals surface area contributed by atoms with Gasteiger partial charge in [0, 0.05) is 55.6 Å². The number of halogens is 5. The molecule has 3 aromatic rings. The molecule has 8 nitrogen and oxygen atoms in total. The highest BCUT2D eigenvalue weighted by molar-refractivity contribution is 6.31. The Morgan fingerprint density at radius 3 is 2.57 bits per heavy atom. The Bertz CT molecular complexity index is 1360. The molecular formula is C22H18ClF4N7O. The van der Waals surface area contributed by atoms with Crippen molar-refractivity contribution in [2.45, 2.75) is 37.8 Å². The predicted octanol–water partition coefficient (Wildman–Crippen LogP) is 3.72. The molecule has 5 rings (SSSR count). The summed E-state index contributed by atoms with van der Waals surface area (Å²) >= 11 is 6.15. The van der Waals surface area contributed by atoms with Gasteiger partial charge >= 0.3 is 6.18 Å². The molecule has 182 valence electrons. The molecule has 2 aliphatic heterocycles. The highest BCUT2D eigenvalue weighted by Crippen LogP contribution is 2.37. The summed E-state index contributed by atoms with van der Waals surface area (Å²) in [5, 5.41) is 17.5. The molecule has 0 saturated carbocycles. The number of carbonyl (C=O) groups excluding carboxylic acids is 1. The van der Waals surface area contributed by atoms with Crippen LogP contribution in [0.4, 0.5) is 23.2 Å². The minimum absolute atomic E-state index is 0.0308. The van der Waals surface area contributed by atoms with Gasteiger partial charge in [-0.25, -0.2) is 4.39 Å². The topological polar surface area (TPSA) is 90.9 Å². The Morgan fingerprint density at radius 2 is 1.89 bits per heavy atom. The van der Waals surface area contributed by atoms with Gasteiger partial charge < -0.3 is 14.4 Å². The summed E-state index contributed by atoms with van der Waals surface area (Å²) in [7, 11) is 0. The molecule has 35 heavy (non-hydrogen) atoms. The normalized spacial score (nSPS) is 17.8. The number of anilines is 1. The molecule has 1 fully saturated rings. The predicted molar refractivity (Wildman–Crippen MR) is 117 cm³/mol. The van der Waals surface area contributed by atoms with Crippen LogP contribution in [0.15, 0.2) is 24.4 Å². The molecule has 1 amide bonds. The fourth-order valence-electron chi connectivity index (χ4n) is 4.70. The zero-order chi connectivity index (χ0) is 25.0. The zero-order valence-electron chi connectivity index (χ0n) is 18.2. The van der Waals surface area contributed by atoms with Crippen molar-refractivity contribution in [3.05, 3.63) is 46.6 Å². The molecule has 0 bridgehead atoms. The third-order valence-corrected chi connectivity index (χ3v) is 6.71. The van der Waals surface area contributed by atoms with Crippen LogP contribution in [0.1, 0.15) is 30.1 Å². The lowest BCUT2D eigenvalue weighted by molar-refractivity contribution is -0.150. The molecular weight excluding hydrogens is 490 g/mol. The van der Waals surface area contributed by atoms with Gasteiger partial charge in [0.2, 0.25) is 5.82 Å². The van der Waals surface area contributed by atoms with Gasteiger partial charge in [-0.05, 0) is 18.2 Å². The quantitative estimate of drug-likeness (QED) is 0.491. The number of carbonyl (C=O) groups is 1. The number of hydrogen-bond acceptors (Lipinski definition) is 6. The standard InChI is InChI=1S/C22H18ClF4N7O/c23-14-1-2-16-15(9-14)18(13(10-28)11-29-16)32-5-3-21(24,4-6-32)20(35)33-7-8-34-17(12-33)30-31-19(34)22(25,26)27/h1-2,9,11H,3-8,12H2. The second kappa shape index (κ2) is 8.34. The largest absolute Gasteiger partial charge is 0.451 e. The molecule has 0 spiro atoms. The first kappa shape index (κ1) is 23.3. The van der Waals surface area contributed by atoms with Gasteiger partial charge in [-0.2, -0.15) is 18.4 Å². The minimum Gasteiger partial charge on any atom is -0.370 e. The minimum atomic E-state index is -4.66. The van der Waals surface area contributed by atoms with Gasteiger partial charge in [-0.15, -0.1) is 10.2 Å².